The van der Waals surface area contributed by atoms with E-state index in [1.165, 1.54) is 0 Å². The first-order valence-corrected chi connectivity index (χ1v) is 12.5. The summed E-state index contributed by atoms with van der Waals surface area (Å²) < 4.78 is 7.51. The predicted octanol–water partition coefficient (Wildman–Crippen LogP) is 5.62. The lowest BCUT2D eigenvalue weighted by Gasteiger charge is -2.32. The first-order valence-electron chi connectivity index (χ1n) is 12.1. The molecule has 0 saturated carbocycles. The standard InChI is InChI=1S/C28H29ClN6O2/c1-18-11-12-24-20(14-18)15-22(27(36)30-24)25(26-31-32-33-35(26)28(2,3)4)34(17-21-9-7-13-37-21)16-19-8-5-6-10-23(19)29/h5-15,25H,16-17H2,1-4H3,(H,30,36)/t25-/m1/s1. The summed E-state index contributed by atoms with van der Waals surface area (Å²) in [6.07, 6.45) is 1.64. The van der Waals surface area contributed by atoms with Gasteiger partial charge in [-0.1, -0.05) is 41.4 Å². The summed E-state index contributed by atoms with van der Waals surface area (Å²) in [5, 5.41) is 14.4. The maximum Gasteiger partial charge on any atom is 0.253 e. The van der Waals surface area contributed by atoms with Crippen LogP contribution in [0.15, 0.2) is 76.1 Å². The Morgan fingerprint density at radius 3 is 2.62 bits per heavy atom. The van der Waals surface area contributed by atoms with Gasteiger partial charge in [-0.3, -0.25) is 9.69 Å². The third-order valence-electron chi connectivity index (χ3n) is 6.33. The van der Waals surface area contributed by atoms with Gasteiger partial charge >= 0.3 is 0 Å². The van der Waals surface area contributed by atoms with Crippen LogP contribution in [-0.2, 0) is 18.6 Å². The van der Waals surface area contributed by atoms with E-state index >= 15 is 0 Å². The van der Waals surface area contributed by atoms with E-state index in [1.54, 1.807) is 10.9 Å². The normalized spacial score (nSPS) is 12.9. The van der Waals surface area contributed by atoms with Gasteiger partial charge in [0.15, 0.2) is 5.82 Å². The van der Waals surface area contributed by atoms with E-state index in [4.69, 9.17) is 16.0 Å². The molecule has 0 saturated heterocycles. The molecule has 1 N–H and O–H groups in total. The summed E-state index contributed by atoms with van der Waals surface area (Å²) in [6.45, 7) is 8.97. The predicted molar refractivity (Wildman–Crippen MR) is 143 cm³/mol. The fraction of sp³-hybridized carbons (Fsp3) is 0.286. The van der Waals surface area contributed by atoms with Gasteiger partial charge in [-0.25, -0.2) is 4.68 Å². The molecule has 37 heavy (non-hydrogen) atoms. The highest BCUT2D eigenvalue weighted by Gasteiger charge is 2.34. The lowest BCUT2D eigenvalue weighted by atomic mass is 10.00. The Morgan fingerprint density at radius 1 is 1.08 bits per heavy atom. The SMILES string of the molecule is Cc1ccc2[nH]c(=O)c([C@H](c3nnnn3C(C)(C)C)N(Cc3ccco3)Cc3ccccc3Cl)cc2c1. The van der Waals surface area contributed by atoms with E-state index in [-0.39, 0.29) is 5.56 Å². The zero-order chi connectivity index (χ0) is 26.2. The molecule has 3 heterocycles. The van der Waals surface area contributed by atoms with E-state index in [9.17, 15) is 4.79 Å². The summed E-state index contributed by atoms with van der Waals surface area (Å²) in [5.41, 5.74) is 2.72. The topological polar surface area (TPSA) is 92.8 Å². The molecule has 0 fully saturated rings. The van der Waals surface area contributed by atoms with E-state index in [1.807, 2.05) is 82.3 Å². The number of nitrogens with one attached hydrogen (secondary N) is 1. The van der Waals surface area contributed by atoms with Gasteiger partial charge in [0.25, 0.3) is 5.56 Å². The molecular weight excluding hydrogens is 488 g/mol. The Hall–Kier alpha value is -3.75. The molecule has 0 spiro atoms. The van der Waals surface area contributed by atoms with Crippen molar-refractivity contribution < 1.29 is 4.42 Å². The molecule has 5 rings (SSSR count). The number of nitrogens with zero attached hydrogens (tertiary/aromatic N) is 5. The highest BCUT2D eigenvalue weighted by Crippen LogP contribution is 2.33. The van der Waals surface area contributed by atoms with Gasteiger partial charge in [0.2, 0.25) is 0 Å². The van der Waals surface area contributed by atoms with Crippen LogP contribution in [0.25, 0.3) is 10.9 Å². The number of benzene rings is 2. The molecule has 0 radical (unpaired) electrons. The van der Waals surface area contributed by atoms with E-state index in [2.05, 4.69) is 31.5 Å². The number of fused-ring (bicyclic) bond motifs is 1. The Labute approximate surface area is 219 Å². The van der Waals surface area contributed by atoms with Crippen molar-refractivity contribution in [3.8, 4) is 0 Å². The van der Waals surface area contributed by atoms with Crippen molar-refractivity contribution in [1.82, 2.24) is 30.1 Å². The Morgan fingerprint density at radius 2 is 1.89 bits per heavy atom. The van der Waals surface area contributed by atoms with Crippen molar-refractivity contribution in [2.45, 2.75) is 52.4 Å². The van der Waals surface area contributed by atoms with Crippen molar-refractivity contribution in [2.24, 2.45) is 0 Å². The van der Waals surface area contributed by atoms with Crippen molar-refractivity contribution in [2.75, 3.05) is 0 Å². The monoisotopic (exact) mass is 516 g/mol. The third-order valence-corrected chi connectivity index (χ3v) is 6.70. The van der Waals surface area contributed by atoms with Crippen molar-refractivity contribution in [1.29, 1.82) is 0 Å². The highest BCUT2D eigenvalue weighted by atomic mass is 35.5. The summed E-state index contributed by atoms with van der Waals surface area (Å²) in [5.74, 6) is 1.31. The minimum atomic E-state index is -0.593. The summed E-state index contributed by atoms with van der Waals surface area (Å²) in [6, 6.07) is 18.8. The zero-order valence-corrected chi connectivity index (χ0v) is 22.0. The molecule has 0 aliphatic rings. The second kappa shape index (κ2) is 9.95. The third kappa shape index (κ3) is 5.21. The first kappa shape index (κ1) is 24.9. The molecule has 5 aromatic rings. The molecule has 1 atom stereocenters. The largest absolute Gasteiger partial charge is 0.468 e. The van der Waals surface area contributed by atoms with Gasteiger partial charge in [0.05, 0.1) is 18.3 Å². The summed E-state index contributed by atoms with van der Waals surface area (Å²) in [4.78, 5) is 18.8. The lowest BCUT2D eigenvalue weighted by molar-refractivity contribution is 0.171. The van der Waals surface area contributed by atoms with Crippen LogP contribution in [0.4, 0.5) is 0 Å². The molecule has 2 aromatic carbocycles. The Balaban J connectivity index is 1.74. The molecule has 190 valence electrons. The fourth-order valence-corrected chi connectivity index (χ4v) is 4.77. The van der Waals surface area contributed by atoms with E-state index in [0.29, 0.717) is 29.5 Å². The van der Waals surface area contributed by atoms with Crippen LogP contribution in [0.2, 0.25) is 5.02 Å². The molecule has 3 aromatic heterocycles. The number of tetrazole rings is 1. The fourth-order valence-electron chi connectivity index (χ4n) is 4.57. The van der Waals surface area contributed by atoms with Gasteiger partial charge in [-0.15, -0.1) is 5.10 Å². The van der Waals surface area contributed by atoms with Crippen LogP contribution >= 0.6 is 11.6 Å². The zero-order valence-electron chi connectivity index (χ0n) is 21.3. The quantitative estimate of drug-likeness (QED) is 0.302. The maximum atomic E-state index is 13.6. The molecule has 0 aliphatic carbocycles. The van der Waals surface area contributed by atoms with E-state index in [0.717, 1.165) is 27.8 Å². The molecule has 0 aliphatic heterocycles. The summed E-state index contributed by atoms with van der Waals surface area (Å²) in [7, 11) is 0. The molecule has 0 bridgehead atoms. The van der Waals surface area contributed by atoms with Crippen LogP contribution in [0.5, 0.6) is 0 Å². The number of hydrogen-bond donors (Lipinski definition) is 1. The van der Waals surface area contributed by atoms with Crippen molar-refractivity contribution >= 4 is 22.5 Å². The van der Waals surface area contributed by atoms with Gasteiger partial charge in [-0.05, 0) is 85.5 Å². The minimum absolute atomic E-state index is 0.201. The molecule has 0 amide bonds. The second-order valence-corrected chi connectivity index (χ2v) is 10.6. The van der Waals surface area contributed by atoms with E-state index < -0.39 is 11.6 Å². The smallest absolute Gasteiger partial charge is 0.253 e. The summed E-state index contributed by atoms with van der Waals surface area (Å²) >= 11 is 6.59. The number of aromatic amines is 1. The Bertz CT molecular complexity index is 1580. The number of aryl methyl sites for hydroxylation is 1. The van der Waals surface area contributed by atoms with Crippen LogP contribution < -0.4 is 5.56 Å². The van der Waals surface area contributed by atoms with Crippen LogP contribution in [0.1, 0.15) is 55.1 Å². The van der Waals surface area contributed by atoms with Crippen LogP contribution in [0.3, 0.4) is 0 Å². The molecular formula is C28H29ClN6O2. The number of aromatic nitrogens is 5. The number of halogens is 1. The van der Waals surface area contributed by atoms with Crippen molar-refractivity contribution in [3.05, 3.63) is 111 Å². The highest BCUT2D eigenvalue weighted by molar-refractivity contribution is 6.31. The molecule has 8 nitrogen and oxygen atoms in total. The second-order valence-electron chi connectivity index (χ2n) is 10.2. The van der Waals surface area contributed by atoms with Crippen molar-refractivity contribution in [3.63, 3.8) is 0 Å². The molecule has 9 heteroatoms. The minimum Gasteiger partial charge on any atom is -0.468 e. The van der Waals surface area contributed by atoms with Crippen LogP contribution in [-0.4, -0.2) is 30.1 Å². The molecule has 0 unspecified atom stereocenters. The van der Waals surface area contributed by atoms with Gasteiger partial charge in [0.1, 0.15) is 11.8 Å². The van der Waals surface area contributed by atoms with Gasteiger partial charge in [0, 0.05) is 22.6 Å². The average Bonchev–Trinajstić information content (AvgIpc) is 3.54. The number of pyridine rings is 1. The lowest BCUT2D eigenvalue weighted by Crippen LogP contribution is -2.37. The maximum absolute atomic E-state index is 13.6. The van der Waals surface area contributed by atoms with Crippen LogP contribution in [0, 0.1) is 6.92 Å². The Kier molecular flexibility index (Phi) is 6.70. The average molecular weight is 517 g/mol. The number of hydrogen-bond acceptors (Lipinski definition) is 6. The number of furan rings is 1. The number of rotatable bonds is 7. The first-order chi connectivity index (χ1) is 17.7. The number of H-pyrrole nitrogens is 1. The van der Waals surface area contributed by atoms with Gasteiger partial charge < -0.3 is 9.40 Å². The van der Waals surface area contributed by atoms with Gasteiger partial charge in [-0.2, -0.15) is 0 Å².